The van der Waals surface area contributed by atoms with Crippen molar-refractivity contribution in [3.05, 3.63) is 61.4 Å². The van der Waals surface area contributed by atoms with Crippen molar-refractivity contribution in [2.24, 2.45) is 0 Å². The minimum absolute atomic E-state index is 0.0105. The average Bonchev–Trinajstić information content (AvgIpc) is 2.77. The van der Waals surface area contributed by atoms with Crippen LogP contribution in [0, 0.1) is 0 Å². The second-order valence-corrected chi connectivity index (χ2v) is 6.29. The number of nitrogens with zero attached hydrogens (tertiary/aromatic N) is 1. The van der Waals surface area contributed by atoms with Gasteiger partial charge in [0, 0.05) is 17.1 Å². The van der Waals surface area contributed by atoms with Crippen molar-refractivity contribution < 1.29 is 4.74 Å². The molecule has 0 radical (unpaired) electrons. The number of rotatable bonds is 2. The van der Waals surface area contributed by atoms with E-state index in [9.17, 15) is 4.79 Å². The van der Waals surface area contributed by atoms with Crippen molar-refractivity contribution in [3.63, 3.8) is 0 Å². The molecule has 3 nitrogen and oxygen atoms in total. The molecule has 1 aliphatic rings. The zero-order valence-corrected chi connectivity index (χ0v) is 13.1. The fourth-order valence-electron chi connectivity index (χ4n) is 2.28. The molecule has 98 valence electrons. The Balaban J connectivity index is 1.83. The summed E-state index contributed by atoms with van der Waals surface area (Å²) in [6, 6.07) is 9.75. The number of aromatic nitrogens is 1. The third-order valence-electron chi connectivity index (χ3n) is 3.12. The van der Waals surface area contributed by atoms with Gasteiger partial charge in [-0.2, -0.15) is 0 Å². The van der Waals surface area contributed by atoms with Crippen LogP contribution in [0.1, 0.15) is 5.56 Å². The van der Waals surface area contributed by atoms with E-state index in [1.54, 1.807) is 16.8 Å². The molecule has 3 rings (SSSR count). The normalized spacial score (nSPS) is 17.1. The van der Waals surface area contributed by atoms with Crippen LogP contribution in [0.5, 0.6) is 5.75 Å². The molecule has 19 heavy (non-hydrogen) atoms. The summed E-state index contributed by atoms with van der Waals surface area (Å²) in [6.07, 6.45) is 2.64. The lowest BCUT2D eigenvalue weighted by molar-refractivity contribution is 0.207. The summed E-state index contributed by atoms with van der Waals surface area (Å²) < 4.78 is 8.95. The summed E-state index contributed by atoms with van der Waals surface area (Å²) in [4.78, 5) is 12.0. The average molecular weight is 385 g/mol. The summed E-state index contributed by atoms with van der Waals surface area (Å²) in [6.45, 7) is 0.547. The van der Waals surface area contributed by atoms with Gasteiger partial charge >= 0.3 is 0 Å². The van der Waals surface area contributed by atoms with Crippen LogP contribution in [0.15, 0.2) is 50.3 Å². The standard InChI is InChI=1S/C14H11Br2NO2/c15-10-6-12(16)14(18)17(7-10)8-11-5-9-3-1-2-4-13(9)19-11/h1-4,6-7,11H,5,8H2. The van der Waals surface area contributed by atoms with Crippen LogP contribution in [0.2, 0.25) is 0 Å². The third-order valence-corrected chi connectivity index (χ3v) is 4.12. The molecule has 0 saturated heterocycles. The van der Waals surface area contributed by atoms with Crippen LogP contribution in [-0.4, -0.2) is 10.7 Å². The van der Waals surface area contributed by atoms with Gasteiger partial charge in [-0.1, -0.05) is 18.2 Å². The largest absolute Gasteiger partial charge is 0.488 e. The highest BCUT2D eigenvalue weighted by Gasteiger charge is 2.23. The van der Waals surface area contributed by atoms with Crippen LogP contribution >= 0.6 is 31.9 Å². The van der Waals surface area contributed by atoms with Gasteiger partial charge in [0.1, 0.15) is 11.9 Å². The second kappa shape index (κ2) is 5.13. The highest BCUT2D eigenvalue weighted by molar-refractivity contribution is 9.11. The fourth-order valence-corrected chi connectivity index (χ4v) is 3.53. The molecule has 0 bridgehead atoms. The van der Waals surface area contributed by atoms with E-state index in [4.69, 9.17) is 4.74 Å². The number of hydrogen-bond acceptors (Lipinski definition) is 2. The molecule has 2 aromatic rings. The van der Waals surface area contributed by atoms with Crippen molar-refractivity contribution in [2.45, 2.75) is 19.1 Å². The Bertz CT molecular complexity index is 656. The first-order valence-electron chi connectivity index (χ1n) is 5.93. The van der Waals surface area contributed by atoms with Crippen LogP contribution in [0.4, 0.5) is 0 Å². The molecular formula is C14H11Br2NO2. The summed E-state index contributed by atoms with van der Waals surface area (Å²) in [5.74, 6) is 0.926. The van der Waals surface area contributed by atoms with E-state index >= 15 is 0 Å². The molecule has 1 aromatic heterocycles. The van der Waals surface area contributed by atoms with Gasteiger partial charge in [0.05, 0.1) is 11.0 Å². The first kappa shape index (κ1) is 12.9. The number of benzene rings is 1. The fraction of sp³-hybridized carbons (Fsp3) is 0.214. The minimum Gasteiger partial charge on any atom is -0.488 e. The first-order valence-corrected chi connectivity index (χ1v) is 7.52. The lowest BCUT2D eigenvalue weighted by Gasteiger charge is -2.13. The van der Waals surface area contributed by atoms with Crippen molar-refractivity contribution >= 4 is 31.9 Å². The molecule has 0 N–H and O–H groups in total. The van der Waals surface area contributed by atoms with Gasteiger partial charge in [-0.05, 0) is 49.6 Å². The maximum absolute atomic E-state index is 12.0. The van der Waals surface area contributed by atoms with Crippen molar-refractivity contribution in [3.8, 4) is 5.75 Å². The van der Waals surface area contributed by atoms with E-state index in [1.807, 2.05) is 18.2 Å². The Morgan fingerprint density at radius 2 is 2.11 bits per heavy atom. The zero-order valence-electron chi connectivity index (χ0n) is 9.98. The van der Waals surface area contributed by atoms with Gasteiger partial charge in [-0.25, -0.2) is 0 Å². The number of fused-ring (bicyclic) bond motifs is 1. The maximum Gasteiger partial charge on any atom is 0.265 e. The monoisotopic (exact) mass is 383 g/mol. The van der Waals surface area contributed by atoms with E-state index in [2.05, 4.69) is 37.9 Å². The third kappa shape index (κ3) is 2.62. The Morgan fingerprint density at radius 1 is 1.32 bits per heavy atom. The summed E-state index contributed by atoms with van der Waals surface area (Å²) in [5, 5.41) is 0. The van der Waals surface area contributed by atoms with E-state index in [0.717, 1.165) is 16.6 Å². The van der Waals surface area contributed by atoms with Crippen molar-refractivity contribution in [1.29, 1.82) is 0 Å². The summed E-state index contributed by atoms with van der Waals surface area (Å²) >= 11 is 6.66. The Kier molecular flexibility index (Phi) is 3.50. The smallest absolute Gasteiger partial charge is 0.265 e. The van der Waals surface area contributed by atoms with Gasteiger partial charge in [-0.15, -0.1) is 0 Å². The van der Waals surface area contributed by atoms with E-state index in [1.165, 1.54) is 5.56 Å². The molecule has 1 unspecified atom stereocenters. The Labute approximate surface area is 127 Å². The van der Waals surface area contributed by atoms with E-state index in [-0.39, 0.29) is 11.7 Å². The molecule has 1 aromatic carbocycles. The van der Waals surface area contributed by atoms with Crippen LogP contribution in [0.25, 0.3) is 0 Å². The molecule has 0 spiro atoms. The number of halogens is 2. The second-order valence-electron chi connectivity index (χ2n) is 4.52. The molecule has 1 atom stereocenters. The summed E-state index contributed by atoms with van der Waals surface area (Å²) in [7, 11) is 0. The highest BCUT2D eigenvalue weighted by atomic mass is 79.9. The van der Waals surface area contributed by atoms with Gasteiger partial charge in [0.2, 0.25) is 0 Å². The first-order chi connectivity index (χ1) is 9.13. The van der Waals surface area contributed by atoms with Crippen LogP contribution < -0.4 is 10.3 Å². The quantitative estimate of drug-likeness (QED) is 0.794. The van der Waals surface area contributed by atoms with Gasteiger partial charge in [0.25, 0.3) is 5.56 Å². The van der Waals surface area contributed by atoms with Gasteiger partial charge in [-0.3, -0.25) is 4.79 Å². The van der Waals surface area contributed by atoms with Gasteiger partial charge in [0.15, 0.2) is 0 Å². The number of ether oxygens (including phenoxy) is 1. The molecule has 0 aliphatic carbocycles. The molecule has 0 fully saturated rings. The number of hydrogen-bond donors (Lipinski definition) is 0. The maximum atomic E-state index is 12.0. The van der Waals surface area contributed by atoms with Crippen LogP contribution in [-0.2, 0) is 13.0 Å². The lowest BCUT2D eigenvalue weighted by Crippen LogP contribution is -2.29. The Hall–Kier alpha value is -1.07. The number of pyridine rings is 1. The predicted molar refractivity (Wildman–Crippen MR) is 80.7 cm³/mol. The molecule has 0 amide bonds. The summed E-state index contributed by atoms with van der Waals surface area (Å²) in [5.41, 5.74) is 1.16. The lowest BCUT2D eigenvalue weighted by atomic mass is 10.1. The zero-order chi connectivity index (χ0) is 13.4. The van der Waals surface area contributed by atoms with Gasteiger partial charge < -0.3 is 9.30 Å². The molecule has 2 heterocycles. The van der Waals surface area contributed by atoms with E-state index in [0.29, 0.717) is 11.0 Å². The number of para-hydroxylation sites is 1. The van der Waals surface area contributed by atoms with Crippen molar-refractivity contribution in [2.75, 3.05) is 0 Å². The molecule has 5 heteroatoms. The highest BCUT2D eigenvalue weighted by Crippen LogP contribution is 2.28. The SMILES string of the molecule is O=c1c(Br)cc(Br)cn1CC1Cc2ccccc2O1. The minimum atomic E-state index is -0.0391. The molecular weight excluding hydrogens is 374 g/mol. The van der Waals surface area contributed by atoms with E-state index < -0.39 is 0 Å². The topological polar surface area (TPSA) is 31.2 Å². The Morgan fingerprint density at radius 3 is 2.89 bits per heavy atom. The molecule has 1 aliphatic heterocycles. The van der Waals surface area contributed by atoms with Crippen LogP contribution in [0.3, 0.4) is 0 Å². The predicted octanol–water partition coefficient (Wildman–Crippen LogP) is 3.38. The molecule has 0 saturated carbocycles. The van der Waals surface area contributed by atoms with Crippen molar-refractivity contribution in [1.82, 2.24) is 4.57 Å².